The number of aryl methyl sites for hydroxylation is 1. The summed E-state index contributed by atoms with van der Waals surface area (Å²) in [4.78, 5) is 12.3. The van der Waals surface area contributed by atoms with Crippen LogP contribution in [0.5, 0.6) is 0 Å². The Morgan fingerprint density at radius 2 is 1.85 bits per heavy atom. The van der Waals surface area contributed by atoms with Gasteiger partial charge in [-0.3, -0.25) is 4.79 Å². The van der Waals surface area contributed by atoms with Crippen molar-refractivity contribution >= 4 is 5.78 Å². The maximum atomic E-state index is 12.8. The topological polar surface area (TPSA) is 38.3 Å². The number of fused-ring (bicyclic) bond motifs is 2. The van der Waals surface area contributed by atoms with Crippen molar-refractivity contribution in [1.82, 2.24) is 5.32 Å². The smallest absolute Gasteiger partial charge is 0.136 e. The molecule has 2 aliphatic heterocycles. The molecule has 1 aromatic carbocycles. The van der Waals surface area contributed by atoms with E-state index in [1.54, 1.807) is 12.1 Å². The van der Waals surface area contributed by atoms with E-state index >= 15 is 0 Å². The molecule has 0 saturated carbocycles. The summed E-state index contributed by atoms with van der Waals surface area (Å²) in [5.74, 6) is 0.273. The first-order valence-corrected chi connectivity index (χ1v) is 7.31. The highest BCUT2D eigenvalue weighted by atomic mass is 19.1. The van der Waals surface area contributed by atoms with Crippen LogP contribution in [-0.4, -0.2) is 31.1 Å². The van der Waals surface area contributed by atoms with Gasteiger partial charge in [0.1, 0.15) is 11.6 Å². The lowest BCUT2D eigenvalue weighted by atomic mass is 9.82. The van der Waals surface area contributed by atoms with Crippen LogP contribution in [-0.2, 0) is 16.0 Å². The number of halogens is 1. The van der Waals surface area contributed by atoms with Crippen LogP contribution in [0.4, 0.5) is 4.39 Å². The van der Waals surface area contributed by atoms with Crippen LogP contribution in [0.25, 0.3) is 0 Å². The highest BCUT2D eigenvalue weighted by Gasteiger charge is 2.34. The van der Waals surface area contributed by atoms with Crippen LogP contribution in [0.15, 0.2) is 24.3 Å². The summed E-state index contributed by atoms with van der Waals surface area (Å²) >= 11 is 0. The number of benzene rings is 1. The molecule has 2 aliphatic rings. The van der Waals surface area contributed by atoms with Crippen LogP contribution in [0.2, 0.25) is 0 Å². The highest BCUT2D eigenvalue weighted by molar-refractivity contribution is 5.81. The van der Waals surface area contributed by atoms with Gasteiger partial charge >= 0.3 is 0 Å². The molecule has 2 heterocycles. The lowest BCUT2D eigenvalue weighted by Gasteiger charge is -2.39. The number of ketones is 1. The van der Waals surface area contributed by atoms with Crippen LogP contribution in [0.1, 0.15) is 24.8 Å². The van der Waals surface area contributed by atoms with Gasteiger partial charge in [0.25, 0.3) is 0 Å². The Morgan fingerprint density at radius 1 is 1.20 bits per heavy atom. The second-order valence-corrected chi connectivity index (χ2v) is 5.86. The minimum Gasteiger partial charge on any atom is -0.378 e. The van der Waals surface area contributed by atoms with Gasteiger partial charge in [0, 0.05) is 24.4 Å². The van der Waals surface area contributed by atoms with E-state index < -0.39 is 0 Å². The summed E-state index contributed by atoms with van der Waals surface area (Å²) in [5.41, 5.74) is 1.03. The molecule has 2 saturated heterocycles. The molecule has 2 atom stereocenters. The summed E-state index contributed by atoms with van der Waals surface area (Å²) in [5, 5.41) is 3.50. The van der Waals surface area contributed by atoms with Crippen molar-refractivity contribution in [3.8, 4) is 0 Å². The first-order chi connectivity index (χ1) is 9.70. The van der Waals surface area contributed by atoms with Gasteiger partial charge in [0.05, 0.1) is 13.2 Å². The van der Waals surface area contributed by atoms with Crippen molar-refractivity contribution in [2.45, 2.75) is 37.8 Å². The number of rotatable bonds is 4. The van der Waals surface area contributed by atoms with Gasteiger partial charge in [-0.2, -0.15) is 0 Å². The van der Waals surface area contributed by atoms with E-state index in [2.05, 4.69) is 5.32 Å². The molecule has 20 heavy (non-hydrogen) atoms. The van der Waals surface area contributed by atoms with Gasteiger partial charge in [-0.1, -0.05) is 12.1 Å². The van der Waals surface area contributed by atoms with Gasteiger partial charge in [-0.05, 0) is 37.0 Å². The van der Waals surface area contributed by atoms with Crippen LogP contribution in [0.3, 0.4) is 0 Å². The molecule has 0 aromatic heterocycles. The predicted molar refractivity (Wildman–Crippen MR) is 74.0 cm³/mol. The average Bonchev–Trinajstić information content (AvgIpc) is 2.46. The SMILES string of the molecule is O=C(CCc1ccc(F)cc1)C1CC2COCC(C1)N2. The van der Waals surface area contributed by atoms with E-state index in [9.17, 15) is 9.18 Å². The van der Waals surface area contributed by atoms with Crippen LogP contribution < -0.4 is 5.32 Å². The fourth-order valence-corrected chi connectivity index (χ4v) is 3.22. The molecule has 2 unspecified atom stereocenters. The van der Waals surface area contributed by atoms with Crippen molar-refractivity contribution in [2.24, 2.45) is 5.92 Å². The molecule has 108 valence electrons. The minimum absolute atomic E-state index is 0.163. The van der Waals surface area contributed by atoms with Gasteiger partial charge in [-0.25, -0.2) is 4.39 Å². The lowest BCUT2D eigenvalue weighted by Crippen LogP contribution is -2.55. The number of Topliss-reactive ketones (excluding diaryl/α,β-unsaturated/α-hetero) is 1. The van der Waals surface area contributed by atoms with Crippen molar-refractivity contribution in [2.75, 3.05) is 13.2 Å². The molecule has 0 radical (unpaired) electrons. The van der Waals surface area contributed by atoms with E-state index in [1.807, 2.05) is 0 Å². The molecule has 0 amide bonds. The molecule has 0 spiro atoms. The number of ether oxygens (including phenoxy) is 1. The monoisotopic (exact) mass is 277 g/mol. The zero-order chi connectivity index (χ0) is 13.9. The Balaban J connectivity index is 1.52. The Hall–Kier alpha value is -1.26. The number of morpholine rings is 1. The van der Waals surface area contributed by atoms with Crippen molar-refractivity contribution < 1.29 is 13.9 Å². The van der Waals surface area contributed by atoms with Crippen molar-refractivity contribution in [3.63, 3.8) is 0 Å². The van der Waals surface area contributed by atoms with Gasteiger partial charge in [-0.15, -0.1) is 0 Å². The van der Waals surface area contributed by atoms with E-state index in [1.165, 1.54) is 12.1 Å². The van der Waals surface area contributed by atoms with E-state index in [0.717, 1.165) is 31.6 Å². The lowest BCUT2D eigenvalue weighted by molar-refractivity contribution is -0.125. The normalized spacial score (nSPS) is 29.1. The fraction of sp³-hybridized carbons (Fsp3) is 0.562. The maximum Gasteiger partial charge on any atom is 0.136 e. The van der Waals surface area contributed by atoms with E-state index in [4.69, 9.17) is 4.74 Å². The summed E-state index contributed by atoms with van der Waals surface area (Å²) in [6.45, 7) is 1.44. The van der Waals surface area contributed by atoms with E-state index in [0.29, 0.717) is 30.7 Å². The third-order valence-corrected chi connectivity index (χ3v) is 4.28. The molecule has 2 fully saturated rings. The molecular formula is C16H20FNO2. The molecule has 1 N–H and O–H groups in total. The first kappa shape index (κ1) is 13.7. The number of carbonyl (C=O) groups is 1. The minimum atomic E-state index is -0.230. The Morgan fingerprint density at radius 3 is 2.50 bits per heavy atom. The summed E-state index contributed by atoms with van der Waals surface area (Å²) in [7, 11) is 0. The molecule has 0 aliphatic carbocycles. The molecule has 3 nitrogen and oxygen atoms in total. The zero-order valence-corrected chi connectivity index (χ0v) is 11.5. The zero-order valence-electron chi connectivity index (χ0n) is 11.5. The summed E-state index contributed by atoms with van der Waals surface area (Å²) in [6.07, 6.45) is 3.03. The number of nitrogens with one attached hydrogen (secondary N) is 1. The predicted octanol–water partition coefficient (Wildman–Crippen LogP) is 2.09. The number of carbonyl (C=O) groups excluding carboxylic acids is 1. The largest absolute Gasteiger partial charge is 0.378 e. The Kier molecular flexibility index (Phi) is 4.13. The summed E-state index contributed by atoms with van der Waals surface area (Å²) in [6, 6.07) is 7.09. The van der Waals surface area contributed by atoms with Gasteiger partial charge in [0.2, 0.25) is 0 Å². The third kappa shape index (κ3) is 3.25. The average molecular weight is 277 g/mol. The number of hydrogen-bond donors (Lipinski definition) is 1. The van der Waals surface area contributed by atoms with Crippen molar-refractivity contribution in [1.29, 1.82) is 0 Å². The van der Waals surface area contributed by atoms with E-state index in [-0.39, 0.29) is 11.7 Å². The number of hydrogen-bond acceptors (Lipinski definition) is 3. The highest BCUT2D eigenvalue weighted by Crippen LogP contribution is 2.26. The second-order valence-electron chi connectivity index (χ2n) is 5.86. The third-order valence-electron chi connectivity index (χ3n) is 4.28. The Bertz CT molecular complexity index is 462. The van der Waals surface area contributed by atoms with Crippen molar-refractivity contribution in [3.05, 3.63) is 35.6 Å². The molecule has 3 rings (SSSR count). The molecule has 4 heteroatoms. The standard InChI is InChI=1S/C16H20FNO2/c17-13-4-1-11(2-5-13)3-6-16(19)12-7-14-9-20-10-15(8-12)18-14/h1-2,4-5,12,14-15,18H,3,6-10H2. The van der Waals surface area contributed by atoms with Gasteiger partial charge < -0.3 is 10.1 Å². The second kappa shape index (κ2) is 6.02. The van der Waals surface area contributed by atoms with Crippen LogP contribution >= 0.6 is 0 Å². The number of piperidine rings is 1. The molecule has 1 aromatic rings. The summed E-state index contributed by atoms with van der Waals surface area (Å²) < 4.78 is 18.3. The van der Waals surface area contributed by atoms with Crippen LogP contribution in [0, 0.1) is 11.7 Å². The quantitative estimate of drug-likeness (QED) is 0.916. The Labute approximate surface area is 118 Å². The molecular weight excluding hydrogens is 257 g/mol. The first-order valence-electron chi connectivity index (χ1n) is 7.31. The van der Waals surface area contributed by atoms with Gasteiger partial charge in [0.15, 0.2) is 0 Å². The fourth-order valence-electron chi connectivity index (χ4n) is 3.22. The molecule has 2 bridgehead atoms. The maximum absolute atomic E-state index is 12.8.